The van der Waals surface area contributed by atoms with Crippen molar-refractivity contribution in [2.24, 2.45) is 5.73 Å². The Hall–Kier alpha value is -3.65. The number of carbonyl (C=O) groups is 1. The van der Waals surface area contributed by atoms with E-state index in [4.69, 9.17) is 22.1 Å². The summed E-state index contributed by atoms with van der Waals surface area (Å²) in [6, 6.07) is 13.7. The highest BCUT2D eigenvalue weighted by Gasteiger charge is 2.20. The molecule has 3 N–H and O–H groups in total. The normalized spacial score (nSPS) is 10.9. The minimum absolute atomic E-state index is 0.0753. The number of halogens is 1. The van der Waals surface area contributed by atoms with Crippen LogP contribution in [0.3, 0.4) is 0 Å². The van der Waals surface area contributed by atoms with Gasteiger partial charge in [-0.3, -0.25) is 4.79 Å². The summed E-state index contributed by atoms with van der Waals surface area (Å²) in [6.45, 7) is 0. The van der Waals surface area contributed by atoms with Crippen molar-refractivity contribution in [3.63, 3.8) is 0 Å². The topological polar surface area (TPSA) is 116 Å². The maximum absolute atomic E-state index is 12.6. The summed E-state index contributed by atoms with van der Waals surface area (Å²) in [5, 5.41) is 0.457. The number of fused-ring (bicyclic) bond motifs is 1. The molecule has 0 radical (unpaired) electrons. The van der Waals surface area contributed by atoms with E-state index >= 15 is 0 Å². The van der Waals surface area contributed by atoms with E-state index in [0.717, 1.165) is 0 Å². The molecule has 1 amide bonds. The van der Waals surface area contributed by atoms with Gasteiger partial charge in [-0.05, 0) is 42.5 Å². The summed E-state index contributed by atoms with van der Waals surface area (Å²) in [7, 11) is 1.56. The third kappa shape index (κ3) is 2.99. The third-order valence-electron chi connectivity index (χ3n) is 4.18. The lowest BCUT2D eigenvalue weighted by Crippen LogP contribution is -2.15. The lowest BCUT2D eigenvalue weighted by atomic mass is 10.2. The quantitative estimate of drug-likeness (QED) is 0.550. The zero-order valence-corrected chi connectivity index (χ0v) is 15.4. The number of imidazole rings is 1. The molecule has 0 aliphatic carbocycles. The lowest BCUT2D eigenvalue weighted by Gasteiger charge is -2.07. The van der Waals surface area contributed by atoms with E-state index in [1.165, 1.54) is 4.57 Å². The van der Waals surface area contributed by atoms with E-state index in [2.05, 4.69) is 15.0 Å². The Morgan fingerprint density at radius 2 is 1.93 bits per heavy atom. The molecule has 9 heteroatoms. The van der Waals surface area contributed by atoms with Gasteiger partial charge in [0.15, 0.2) is 17.2 Å². The SMILES string of the molecule is COc1ccc(-c2nc(C(N)=O)c3[nH]c(=O)n(-c4cccc(Cl)c4)c3n2)cc1. The van der Waals surface area contributed by atoms with E-state index in [0.29, 0.717) is 22.0 Å². The maximum atomic E-state index is 12.6. The minimum atomic E-state index is -0.776. The van der Waals surface area contributed by atoms with Gasteiger partial charge in [-0.25, -0.2) is 19.3 Å². The fraction of sp³-hybridized carbons (Fsp3) is 0.0526. The van der Waals surface area contributed by atoms with Crippen molar-refractivity contribution in [1.29, 1.82) is 0 Å². The molecule has 8 nitrogen and oxygen atoms in total. The average Bonchev–Trinajstić information content (AvgIpc) is 3.02. The van der Waals surface area contributed by atoms with E-state index in [-0.39, 0.29) is 22.7 Å². The average molecular weight is 396 g/mol. The molecule has 0 saturated heterocycles. The highest BCUT2D eigenvalue weighted by Crippen LogP contribution is 2.24. The molecule has 140 valence electrons. The molecule has 0 aliphatic heterocycles. The van der Waals surface area contributed by atoms with Crippen molar-refractivity contribution in [2.75, 3.05) is 7.11 Å². The van der Waals surface area contributed by atoms with Gasteiger partial charge in [0, 0.05) is 10.6 Å². The smallest absolute Gasteiger partial charge is 0.332 e. The van der Waals surface area contributed by atoms with E-state index in [1.807, 2.05) is 0 Å². The second-order valence-electron chi connectivity index (χ2n) is 5.93. The van der Waals surface area contributed by atoms with Gasteiger partial charge >= 0.3 is 5.69 Å². The van der Waals surface area contributed by atoms with Gasteiger partial charge in [-0.1, -0.05) is 17.7 Å². The van der Waals surface area contributed by atoms with Crippen LogP contribution in [0.25, 0.3) is 28.2 Å². The number of ether oxygens (including phenoxy) is 1. The zero-order chi connectivity index (χ0) is 19.8. The molecule has 0 atom stereocenters. The Balaban J connectivity index is 2.02. The predicted octanol–water partition coefficient (Wildman–Crippen LogP) is 2.54. The third-order valence-corrected chi connectivity index (χ3v) is 4.42. The van der Waals surface area contributed by atoms with E-state index in [9.17, 15) is 9.59 Å². The Bertz CT molecular complexity index is 1260. The van der Waals surface area contributed by atoms with Crippen molar-refractivity contribution in [2.45, 2.75) is 0 Å². The van der Waals surface area contributed by atoms with E-state index in [1.54, 1.807) is 55.6 Å². The van der Waals surface area contributed by atoms with Crippen LogP contribution in [0.2, 0.25) is 5.02 Å². The number of benzene rings is 2. The first kappa shape index (κ1) is 17.7. The van der Waals surface area contributed by atoms with Gasteiger partial charge in [-0.15, -0.1) is 0 Å². The molecular formula is C19H14ClN5O3. The molecule has 4 rings (SSSR count). The molecule has 28 heavy (non-hydrogen) atoms. The Morgan fingerprint density at radius 1 is 1.18 bits per heavy atom. The molecule has 4 aromatic rings. The van der Waals surface area contributed by atoms with Crippen LogP contribution in [0.4, 0.5) is 0 Å². The number of rotatable bonds is 4. The molecular weight excluding hydrogens is 382 g/mol. The van der Waals surface area contributed by atoms with Crippen LogP contribution in [-0.4, -0.2) is 32.5 Å². The van der Waals surface area contributed by atoms with Crippen LogP contribution in [-0.2, 0) is 0 Å². The van der Waals surface area contributed by atoms with Gasteiger partial charge < -0.3 is 15.5 Å². The van der Waals surface area contributed by atoms with Crippen LogP contribution < -0.4 is 16.2 Å². The van der Waals surface area contributed by atoms with Crippen molar-refractivity contribution in [3.8, 4) is 22.8 Å². The molecule has 0 bridgehead atoms. The monoisotopic (exact) mass is 395 g/mol. The number of carbonyl (C=O) groups excluding carboxylic acids is 1. The van der Waals surface area contributed by atoms with Crippen molar-refractivity contribution < 1.29 is 9.53 Å². The first-order valence-electron chi connectivity index (χ1n) is 8.21. The van der Waals surface area contributed by atoms with Gasteiger partial charge in [0.25, 0.3) is 5.91 Å². The second-order valence-corrected chi connectivity index (χ2v) is 6.37. The number of hydrogen-bond donors (Lipinski definition) is 2. The molecule has 2 aromatic carbocycles. The van der Waals surface area contributed by atoms with Crippen LogP contribution in [0.1, 0.15) is 10.5 Å². The highest BCUT2D eigenvalue weighted by atomic mass is 35.5. The molecule has 0 aliphatic rings. The summed E-state index contributed by atoms with van der Waals surface area (Å²) < 4.78 is 6.47. The molecule has 0 spiro atoms. The molecule has 0 saturated carbocycles. The second kappa shape index (κ2) is 6.82. The number of methoxy groups -OCH3 is 1. The Morgan fingerprint density at radius 3 is 2.57 bits per heavy atom. The first-order valence-corrected chi connectivity index (χ1v) is 8.58. The number of aromatic amines is 1. The summed E-state index contributed by atoms with van der Waals surface area (Å²) >= 11 is 6.06. The number of nitrogens with two attached hydrogens (primary N) is 1. The fourth-order valence-corrected chi connectivity index (χ4v) is 3.07. The number of hydrogen-bond acceptors (Lipinski definition) is 5. The molecule has 2 heterocycles. The zero-order valence-electron chi connectivity index (χ0n) is 14.6. The van der Waals surface area contributed by atoms with Gasteiger partial charge in [-0.2, -0.15) is 0 Å². The van der Waals surface area contributed by atoms with Crippen molar-refractivity contribution in [3.05, 3.63) is 69.7 Å². The van der Waals surface area contributed by atoms with Crippen LogP contribution in [0, 0.1) is 0 Å². The van der Waals surface area contributed by atoms with Crippen LogP contribution >= 0.6 is 11.6 Å². The van der Waals surface area contributed by atoms with E-state index < -0.39 is 11.6 Å². The largest absolute Gasteiger partial charge is 0.497 e. The number of primary amides is 1. The van der Waals surface area contributed by atoms with Gasteiger partial charge in [0.2, 0.25) is 0 Å². The Kier molecular flexibility index (Phi) is 4.32. The maximum Gasteiger partial charge on any atom is 0.332 e. The summed E-state index contributed by atoms with van der Waals surface area (Å²) in [6.07, 6.45) is 0. The molecule has 0 unspecified atom stereocenters. The lowest BCUT2D eigenvalue weighted by molar-refractivity contribution is 0.0997. The van der Waals surface area contributed by atoms with Crippen LogP contribution in [0.5, 0.6) is 5.75 Å². The van der Waals surface area contributed by atoms with Crippen molar-refractivity contribution >= 4 is 28.7 Å². The number of H-pyrrole nitrogens is 1. The number of nitrogens with zero attached hydrogens (tertiary/aromatic N) is 3. The number of nitrogens with one attached hydrogen (secondary N) is 1. The fourth-order valence-electron chi connectivity index (χ4n) is 2.89. The number of aromatic nitrogens is 4. The summed E-state index contributed by atoms with van der Waals surface area (Å²) in [4.78, 5) is 35.9. The number of amides is 1. The van der Waals surface area contributed by atoms with Gasteiger partial charge in [0.05, 0.1) is 12.8 Å². The van der Waals surface area contributed by atoms with Crippen LogP contribution in [0.15, 0.2) is 53.3 Å². The first-order chi connectivity index (χ1) is 13.5. The summed E-state index contributed by atoms with van der Waals surface area (Å²) in [5.41, 5.74) is 6.45. The molecule has 2 aromatic heterocycles. The van der Waals surface area contributed by atoms with Crippen molar-refractivity contribution in [1.82, 2.24) is 19.5 Å². The predicted molar refractivity (Wildman–Crippen MR) is 105 cm³/mol. The summed E-state index contributed by atoms with van der Waals surface area (Å²) in [5.74, 6) is 0.137. The highest BCUT2D eigenvalue weighted by molar-refractivity contribution is 6.30. The van der Waals surface area contributed by atoms with Gasteiger partial charge in [0.1, 0.15) is 11.3 Å². The molecule has 0 fully saturated rings. The standard InChI is InChI=1S/C19H14ClN5O3/c1-28-13-7-5-10(6-8-13)17-22-14(16(21)26)15-18(24-17)25(19(27)23-15)12-4-2-3-11(20)9-12/h2-9H,1H3,(H2,21,26)(H,23,27). The Labute approximate surface area is 163 Å². The minimum Gasteiger partial charge on any atom is -0.497 e.